The average Bonchev–Trinajstić information content (AvgIpc) is 2.63. The molecule has 18 heavy (non-hydrogen) atoms. The monoisotopic (exact) mass is 245 g/mol. The summed E-state index contributed by atoms with van der Waals surface area (Å²) in [5, 5.41) is 18.6. The van der Waals surface area contributed by atoms with Crippen molar-refractivity contribution in [2.75, 3.05) is 0 Å². The van der Waals surface area contributed by atoms with Gasteiger partial charge in [-0.1, -0.05) is 18.2 Å². The van der Waals surface area contributed by atoms with Gasteiger partial charge in [0.2, 0.25) is 0 Å². The molecule has 0 bridgehead atoms. The van der Waals surface area contributed by atoms with Crippen molar-refractivity contribution in [2.24, 2.45) is 7.05 Å². The summed E-state index contributed by atoms with van der Waals surface area (Å²) in [6, 6.07) is 9.25. The molecule has 0 radical (unpaired) electrons. The van der Waals surface area contributed by atoms with E-state index in [0.29, 0.717) is 5.69 Å². The van der Waals surface area contributed by atoms with Crippen LogP contribution in [0.5, 0.6) is 0 Å². The van der Waals surface area contributed by atoms with Gasteiger partial charge in [-0.25, -0.2) is 9.59 Å². The fourth-order valence-corrected chi connectivity index (χ4v) is 1.81. The standard InChI is InChI=1S/C13H11NO4/c1-14-9(7-10(12(15)16)13(17)18)6-8-4-2-3-5-11(8)14/h2-7H,1H3,(H,15,16)(H,17,18). The number of benzene rings is 1. The van der Waals surface area contributed by atoms with Crippen LogP contribution in [0.4, 0.5) is 0 Å². The van der Waals surface area contributed by atoms with Crippen LogP contribution in [0.2, 0.25) is 0 Å². The molecule has 0 aliphatic heterocycles. The minimum absolute atomic E-state index is 0.538. The van der Waals surface area contributed by atoms with E-state index in [-0.39, 0.29) is 0 Å². The number of carboxylic acid groups (broad SMARTS) is 2. The minimum atomic E-state index is -1.45. The molecule has 0 fully saturated rings. The summed E-state index contributed by atoms with van der Waals surface area (Å²) >= 11 is 0. The fourth-order valence-electron chi connectivity index (χ4n) is 1.81. The third-order valence-electron chi connectivity index (χ3n) is 2.74. The van der Waals surface area contributed by atoms with Crippen LogP contribution in [0.15, 0.2) is 35.9 Å². The largest absolute Gasteiger partial charge is 0.477 e. The van der Waals surface area contributed by atoms with E-state index in [2.05, 4.69) is 0 Å². The lowest BCUT2D eigenvalue weighted by atomic mass is 10.2. The first-order valence-corrected chi connectivity index (χ1v) is 5.23. The zero-order chi connectivity index (χ0) is 13.3. The molecule has 1 aromatic heterocycles. The third kappa shape index (κ3) is 1.98. The summed E-state index contributed by atoms with van der Waals surface area (Å²) in [7, 11) is 1.76. The highest BCUT2D eigenvalue weighted by Crippen LogP contribution is 2.20. The summed E-state index contributed by atoms with van der Waals surface area (Å²) < 4.78 is 1.75. The summed E-state index contributed by atoms with van der Waals surface area (Å²) in [6.45, 7) is 0. The third-order valence-corrected chi connectivity index (χ3v) is 2.74. The molecule has 0 saturated carbocycles. The van der Waals surface area contributed by atoms with E-state index < -0.39 is 17.5 Å². The van der Waals surface area contributed by atoms with E-state index in [1.807, 2.05) is 24.3 Å². The second-order valence-corrected chi connectivity index (χ2v) is 3.86. The number of rotatable bonds is 3. The number of aromatic nitrogens is 1. The SMILES string of the molecule is Cn1c(C=C(C(=O)O)C(=O)O)cc2ccccc21. The number of aryl methyl sites for hydroxylation is 1. The predicted molar refractivity (Wildman–Crippen MR) is 66.2 cm³/mol. The van der Waals surface area contributed by atoms with Gasteiger partial charge in [0.05, 0.1) is 0 Å². The number of fused-ring (bicyclic) bond motifs is 1. The van der Waals surface area contributed by atoms with E-state index in [4.69, 9.17) is 10.2 Å². The molecular weight excluding hydrogens is 234 g/mol. The Morgan fingerprint density at radius 3 is 2.33 bits per heavy atom. The topological polar surface area (TPSA) is 79.5 Å². The number of para-hydroxylation sites is 1. The van der Waals surface area contributed by atoms with Crippen LogP contribution in [0.3, 0.4) is 0 Å². The van der Waals surface area contributed by atoms with Crippen LogP contribution < -0.4 is 0 Å². The molecule has 0 aliphatic rings. The quantitative estimate of drug-likeness (QED) is 0.490. The number of hydrogen-bond acceptors (Lipinski definition) is 2. The van der Waals surface area contributed by atoms with Crippen LogP contribution in [0, 0.1) is 0 Å². The zero-order valence-corrected chi connectivity index (χ0v) is 9.62. The second-order valence-electron chi connectivity index (χ2n) is 3.86. The van der Waals surface area contributed by atoms with Crippen molar-refractivity contribution < 1.29 is 19.8 Å². The lowest BCUT2D eigenvalue weighted by Crippen LogP contribution is -2.11. The highest BCUT2D eigenvalue weighted by molar-refractivity contribution is 6.16. The molecule has 5 heteroatoms. The van der Waals surface area contributed by atoms with Crippen molar-refractivity contribution >= 4 is 28.9 Å². The van der Waals surface area contributed by atoms with Crippen molar-refractivity contribution in [3.05, 3.63) is 41.6 Å². The van der Waals surface area contributed by atoms with Gasteiger partial charge in [0.15, 0.2) is 0 Å². The van der Waals surface area contributed by atoms with Gasteiger partial charge in [0.25, 0.3) is 0 Å². The Kier molecular flexibility index (Phi) is 2.89. The van der Waals surface area contributed by atoms with E-state index >= 15 is 0 Å². The maximum Gasteiger partial charge on any atom is 0.343 e. The zero-order valence-electron chi connectivity index (χ0n) is 9.62. The van der Waals surface area contributed by atoms with Crippen molar-refractivity contribution in [1.82, 2.24) is 4.57 Å². The number of carboxylic acids is 2. The van der Waals surface area contributed by atoms with Crippen LogP contribution in [0.25, 0.3) is 17.0 Å². The first-order chi connectivity index (χ1) is 8.50. The number of carbonyl (C=O) groups is 2. The Morgan fingerprint density at radius 2 is 1.78 bits per heavy atom. The molecular formula is C13H11NO4. The van der Waals surface area contributed by atoms with E-state index in [1.165, 1.54) is 0 Å². The van der Waals surface area contributed by atoms with Crippen LogP contribution in [-0.4, -0.2) is 26.7 Å². The van der Waals surface area contributed by atoms with Gasteiger partial charge in [-0.2, -0.15) is 0 Å². The molecule has 2 rings (SSSR count). The van der Waals surface area contributed by atoms with E-state index in [1.54, 1.807) is 17.7 Å². The average molecular weight is 245 g/mol. The van der Waals surface area contributed by atoms with E-state index in [0.717, 1.165) is 17.0 Å². The van der Waals surface area contributed by atoms with Crippen molar-refractivity contribution in [3.63, 3.8) is 0 Å². The van der Waals surface area contributed by atoms with E-state index in [9.17, 15) is 9.59 Å². The van der Waals surface area contributed by atoms with Gasteiger partial charge < -0.3 is 14.8 Å². The summed E-state index contributed by atoms with van der Waals surface area (Å²) in [4.78, 5) is 21.6. The first kappa shape index (κ1) is 11.9. The van der Waals surface area contributed by atoms with Gasteiger partial charge in [0.1, 0.15) is 5.57 Å². The molecule has 0 amide bonds. The number of hydrogen-bond donors (Lipinski definition) is 2. The Bertz CT molecular complexity index is 651. The second kappa shape index (κ2) is 4.37. The molecule has 1 aromatic carbocycles. The van der Waals surface area contributed by atoms with Crippen molar-refractivity contribution in [3.8, 4) is 0 Å². The van der Waals surface area contributed by atoms with Gasteiger partial charge in [-0.3, -0.25) is 0 Å². The Hall–Kier alpha value is -2.56. The highest BCUT2D eigenvalue weighted by atomic mass is 16.4. The fraction of sp³-hybridized carbons (Fsp3) is 0.0769. The van der Waals surface area contributed by atoms with Gasteiger partial charge in [0, 0.05) is 23.6 Å². The molecule has 92 valence electrons. The molecule has 2 N–H and O–H groups in total. The number of nitrogens with zero attached hydrogens (tertiary/aromatic N) is 1. The van der Waals surface area contributed by atoms with Gasteiger partial charge >= 0.3 is 11.9 Å². The Labute approximate surface area is 103 Å². The van der Waals surface area contributed by atoms with Crippen LogP contribution in [0.1, 0.15) is 5.69 Å². The van der Waals surface area contributed by atoms with Gasteiger partial charge in [-0.05, 0) is 18.2 Å². The minimum Gasteiger partial charge on any atom is -0.477 e. The molecule has 0 saturated heterocycles. The maximum atomic E-state index is 10.8. The molecule has 0 spiro atoms. The summed E-state index contributed by atoms with van der Waals surface area (Å²) in [5.41, 5.74) is 0.802. The highest BCUT2D eigenvalue weighted by Gasteiger charge is 2.17. The predicted octanol–water partition coefficient (Wildman–Crippen LogP) is 1.73. The van der Waals surface area contributed by atoms with Crippen LogP contribution in [-0.2, 0) is 16.6 Å². The smallest absolute Gasteiger partial charge is 0.343 e. The maximum absolute atomic E-state index is 10.8. The molecule has 2 aromatic rings. The lowest BCUT2D eigenvalue weighted by Gasteiger charge is -2.00. The summed E-state index contributed by atoms with van der Waals surface area (Å²) in [5.74, 6) is -2.90. The Balaban J connectivity index is 2.61. The van der Waals surface area contributed by atoms with Gasteiger partial charge in [-0.15, -0.1) is 0 Å². The molecule has 0 unspecified atom stereocenters. The Morgan fingerprint density at radius 1 is 1.17 bits per heavy atom. The van der Waals surface area contributed by atoms with Crippen molar-refractivity contribution in [1.29, 1.82) is 0 Å². The number of aliphatic carboxylic acids is 2. The molecule has 5 nitrogen and oxygen atoms in total. The molecule has 1 heterocycles. The first-order valence-electron chi connectivity index (χ1n) is 5.23. The lowest BCUT2D eigenvalue weighted by molar-refractivity contribution is -0.140. The van der Waals surface area contributed by atoms with Crippen molar-refractivity contribution in [2.45, 2.75) is 0 Å². The molecule has 0 atom stereocenters. The molecule has 0 aliphatic carbocycles. The summed E-state index contributed by atoms with van der Waals surface area (Å²) in [6.07, 6.45) is 1.16. The van der Waals surface area contributed by atoms with Crippen LogP contribution >= 0.6 is 0 Å². The normalized spacial score (nSPS) is 10.3.